The lowest BCUT2D eigenvalue weighted by atomic mass is 10.2. The van der Waals surface area contributed by atoms with E-state index < -0.39 is 10.0 Å². The largest absolute Gasteiger partial charge is 0.492 e. The van der Waals surface area contributed by atoms with E-state index in [1.807, 2.05) is 19.1 Å². The highest BCUT2D eigenvalue weighted by Gasteiger charge is 2.31. The zero-order valence-corrected chi connectivity index (χ0v) is 19.0. The molecule has 1 heterocycles. The highest BCUT2D eigenvalue weighted by molar-refractivity contribution is 7.89. The van der Waals surface area contributed by atoms with Gasteiger partial charge >= 0.3 is 0 Å². The third-order valence-corrected chi connectivity index (χ3v) is 7.43. The van der Waals surface area contributed by atoms with E-state index in [9.17, 15) is 8.42 Å². The number of benzene rings is 2. The molecule has 3 rings (SSSR count). The minimum absolute atomic E-state index is 0.239. The fraction of sp³-hybridized carbons (Fsp3) is 0.429. The summed E-state index contributed by atoms with van der Waals surface area (Å²) in [7, 11) is -3.65. The van der Waals surface area contributed by atoms with Crippen LogP contribution in [0.4, 0.5) is 5.69 Å². The van der Waals surface area contributed by atoms with Crippen molar-refractivity contribution in [2.45, 2.75) is 31.6 Å². The molecule has 5 nitrogen and oxygen atoms in total. The Bertz CT molecular complexity index is 958. The quantitative estimate of drug-likeness (QED) is 0.550. The molecule has 0 aliphatic carbocycles. The van der Waals surface area contributed by atoms with Crippen molar-refractivity contribution in [1.29, 1.82) is 0 Å². The van der Waals surface area contributed by atoms with Crippen LogP contribution in [-0.4, -0.2) is 45.5 Å². The van der Waals surface area contributed by atoms with Gasteiger partial charge in [-0.3, -0.25) is 0 Å². The first-order valence-corrected chi connectivity index (χ1v) is 12.0. The molecule has 1 saturated heterocycles. The maximum atomic E-state index is 13.3. The average Bonchev–Trinajstić information content (AvgIpc) is 2.71. The van der Waals surface area contributed by atoms with Crippen LogP contribution in [0.1, 0.15) is 25.3 Å². The van der Waals surface area contributed by atoms with E-state index in [1.54, 1.807) is 24.3 Å². The van der Waals surface area contributed by atoms with E-state index in [-0.39, 0.29) is 4.90 Å². The number of hydrogen-bond donors (Lipinski definition) is 0. The predicted octanol–water partition coefficient (Wildman–Crippen LogP) is 4.99. The van der Waals surface area contributed by atoms with Gasteiger partial charge in [0.05, 0.1) is 17.3 Å². The molecule has 1 aliphatic heterocycles. The normalized spacial score (nSPS) is 15.5. The number of aryl methyl sites for hydroxylation is 1. The number of hydrogen-bond acceptors (Lipinski definition) is 4. The first kappa shape index (κ1) is 22.2. The highest BCUT2D eigenvalue weighted by Crippen LogP contribution is 2.32. The number of piperazine rings is 1. The minimum Gasteiger partial charge on any atom is -0.492 e. The fourth-order valence-electron chi connectivity index (χ4n) is 3.30. The molecule has 8 heteroatoms. The van der Waals surface area contributed by atoms with Gasteiger partial charge in [0.2, 0.25) is 10.0 Å². The molecule has 0 radical (unpaired) electrons. The average molecular weight is 457 g/mol. The van der Waals surface area contributed by atoms with Gasteiger partial charge in [-0.25, -0.2) is 8.42 Å². The van der Waals surface area contributed by atoms with Gasteiger partial charge in [-0.15, -0.1) is 0 Å². The Kier molecular flexibility index (Phi) is 7.32. The zero-order valence-electron chi connectivity index (χ0n) is 16.7. The van der Waals surface area contributed by atoms with Gasteiger partial charge < -0.3 is 9.64 Å². The molecule has 29 heavy (non-hydrogen) atoms. The van der Waals surface area contributed by atoms with Crippen molar-refractivity contribution in [3.05, 3.63) is 52.0 Å². The zero-order chi connectivity index (χ0) is 21.0. The highest BCUT2D eigenvalue weighted by atomic mass is 35.5. The molecule has 0 bridgehead atoms. The molecule has 0 unspecified atom stereocenters. The van der Waals surface area contributed by atoms with Crippen molar-refractivity contribution in [1.82, 2.24) is 4.31 Å². The molecular weight excluding hydrogens is 431 g/mol. The minimum atomic E-state index is -3.65. The lowest BCUT2D eigenvalue weighted by Crippen LogP contribution is -2.48. The van der Waals surface area contributed by atoms with Gasteiger partial charge in [-0.1, -0.05) is 42.6 Å². The number of halogens is 2. The summed E-state index contributed by atoms with van der Waals surface area (Å²) in [5.41, 5.74) is 1.71. The Labute approximate surface area is 183 Å². The van der Waals surface area contributed by atoms with Crippen molar-refractivity contribution < 1.29 is 13.2 Å². The van der Waals surface area contributed by atoms with Crippen LogP contribution in [0.2, 0.25) is 10.0 Å². The second-order valence-electron chi connectivity index (χ2n) is 7.14. The van der Waals surface area contributed by atoms with E-state index in [4.69, 9.17) is 27.9 Å². The molecular formula is C21H26Cl2N2O3S. The van der Waals surface area contributed by atoms with Crippen molar-refractivity contribution in [2.24, 2.45) is 0 Å². The topological polar surface area (TPSA) is 49.9 Å². The van der Waals surface area contributed by atoms with Gasteiger partial charge in [-0.05, 0) is 49.2 Å². The van der Waals surface area contributed by atoms with E-state index in [0.29, 0.717) is 48.6 Å². The Morgan fingerprint density at radius 3 is 2.45 bits per heavy atom. The van der Waals surface area contributed by atoms with Gasteiger partial charge in [0.1, 0.15) is 10.6 Å². The maximum Gasteiger partial charge on any atom is 0.246 e. The predicted molar refractivity (Wildman–Crippen MR) is 119 cm³/mol. The number of rotatable bonds is 7. The molecule has 0 amide bonds. The van der Waals surface area contributed by atoms with Gasteiger partial charge in [-0.2, -0.15) is 4.31 Å². The first-order valence-electron chi connectivity index (χ1n) is 9.76. The Balaban J connectivity index is 1.78. The molecule has 2 aromatic rings. The third kappa shape index (κ3) is 5.18. The van der Waals surface area contributed by atoms with Crippen LogP contribution in [0, 0.1) is 6.92 Å². The SMILES string of the molecule is CCCCOc1ccc(C)cc1S(=O)(=O)N1CCN(c2cc(Cl)ccc2Cl)CC1. The Hall–Kier alpha value is -1.47. The second-order valence-corrected chi connectivity index (χ2v) is 9.89. The van der Waals surface area contributed by atoms with Crippen LogP contribution in [0.3, 0.4) is 0 Å². The molecule has 0 spiro atoms. The molecule has 1 fully saturated rings. The standard InChI is InChI=1S/C21H26Cl2N2O3S/c1-3-4-13-28-20-8-5-16(2)14-21(20)29(26,27)25-11-9-24(10-12-25)19-15-17(22)6-7-18(19)23/h5-8,14-15H,3-4,9-13H2,1-2H3. The van der Waals surface area contributed by atoms with Crippen molar-refractivity contribution in [2.75, 3.05) is 37.7 Å². The smallest absolute Gasteiger partial charge is 0.246 e. The number of sulfonamides is 1. The third-order valence-electron chi connectivity index (χ3n) is 4.96. The van der Waals surface area contributed by atoms with Crippen LogP contribution >= 0.6 is 23.2 Å². The van der Waals surface area contributed by atoms with E-state index in [0.717, 1.165) is 24.1 Å². The maximum absolute atomic E-state index is 13.3. The number of unbranched alkanes of at least 4 members (excludes halogenated alkanes) is 1. The van der Waals surface area contributed by atoms with Crippen molar-refractivity contribution in [3.63, 3.8) is 0 Å². The summed E-state index contributed by atoms with van der Waals surface area (Å²) in [5.74, 6) is 0.421. The molecule has 158 valence electrons. The van der Waals surface area contributed by atoms with Gasteiger partial charge in [0.25, 0.3) is 0 Å². The van der Waals surface area contributed by atoms with Crippen LogP contribution < -0.4 is 9.64 Å². The Morgan fingerprint density at radius 2 is 1.76 bits per heavy atom. The van der Waals surface area contributed by atoms with Gasteiger partial charge in [0.15, 0.2) is 0 Å². The van der Waals surface area contributed by atoms with E-state index in [2.05, 4.69) is 11.8 Å². The van der Waals surface area contributed by atoms with Crippen molar-refractivity contribution >= 4 is 38.9 Å². The van der Waals surface area contributed by atoms with Crippen LogP contribution in [-0.2, 0) is 10.0 Å². The van der Waals surface area contributed by atoms with Crippen molar-refractivity contribution in [3.8, 4) is 5.75 Å². The Morgan fingerprint density at radius 1 is 1.03 bits per heavy atom. The number of ether oxygens (including phenoxy) is 1. The molecule has 0 atom stereocenters. The lowest BCUT2D eigenvalue weighted by molar-refractivity contribution is 0.299. The summed E-state index contributed by atoms with van der Waals surface area (Å²) < 4.78 is 34.0. The second kappa shape index (κ2) is 9.56. The molecule has 0 N–H and O–H groups in total. The van der Waals surface area contributed by atoms with E-state index in [1.165, 1.54) is 4.31 Å². The molecule has 1 aliphatic rings. The fourth-order valence-corrected chi connectivity index (χ4v) is 5.34. The lowest BCUT2D eigenvalue weighted by Gasteiger charge is -2.36. The summed E-state index contributed by atoms with van der Waals surface area (Å²) in [4.78, 5) is 2.30. The number of nitrogens with zero attached hydrogens (tertiary/aromatic N) is 2. The van der Waals surface area contributed by atoms with Gasteiger partial charge in [0, 0.05) is 31.2 Å². The molecule has 0 aromatic heterocycles. The molecule has 2 aromatic carbocycles. The van der Waals surface area contributed by atoms with Crippen LogP contribution in [0.5, 0.6) is 5.75 Å². The summed E-state index contributed by atoms with van der Waals surface area (Å²) in [5, 5.41) is 1.21. The molecule has 0 saturated carbocycles. The van der Waals surface area contributed by atoms with Crippen LogP contribution in [0.15, 0.2) is 41.3 Å². The summed E-state index contributed by atoms with van der Waals surface area (Å²) >= 11 is 12.4. The summed E-state index contributed by atoms with van der Waals surface area (Å²) in [6.45, 7) is 6.27. The number of anilines is 1. The summed E-state index contributed by atoms with van der Waals surface area (Å²) in [6.07, 6.45) is 1.87. The van der Waals surface area contributed by atoms with Crippen LogP contribution in [0.25, 0.3) is 0 Å². The monoisotopic (exact) mass is 456 g/mol. The van der Waals surface area contributed by atoms with E-state index >= 15 is 0 Å². The first-order chi connectivity index (χ1) is 13.8. The summed E-state index contributed by atoms with van der Waals surface area (Å²) in [6, 6.07) is 10.6.